The second-order valence-electron chi connectivity index (χ2n) is 7.87. The van der Waals surface area contributed by atoms with E-state index in [2.05, 4.69) is 17.2 Å². The second-order valence-corrected chi connectivity index (χ2v) is 7.87. The minimum Gasteiger partial charge on any atom is -0.497 e. The quantitative estimate of drug-likeness (QED) is 0.798. The fraction of sp³-hybridized carbons (Fsp3) is 0.545. The molecule has 2 N–H and O–H groups in total. The molecule has 0 bridgehead atoms. The van der Waals surface area contributed by atoms with Crippen molar-refractivity contribution in [2.45, 2.75) is 46.1 Å². The molecule has 2 unspecified atom stereocenters. The number of aromatic amines is 1. The molecule has 3 rings (SSSR count). The molecule has 0 saturated carbocycles. The Kier molecular flexibility index (Phi) is 6.27. The lowest BCUT2D eigenvalue weighted by Crippen LogP contribution is -2.44. The maximum Gasteiger partial charge on any atom is 0.270 e. The summed E-state index contributed by atoms with van der Waals surface area (Å²) in [6, 6.07) is 7.84. The van der Waals surface area contributed by atoms with E-state index >= 15 is 0 Å². The Bertz CT molecular complexity index is 837. The third kappa shape index (κ3) is 4.32. The van der Waals surface area contributed by atoms with Crippen LogP contribution in [0, 0.1) is 11.8 Å². The number of piperidine rings is 1. The van der Waals surface area contributed by atoms with Crippen molar-refractivity contribution in [3.05, 3.63) is 30.0 Å². The van der Waals surface area contributed by atoms with Crippen molar-refractivity contribution >= 4 is 22.7 Å². The van der Waals surface area contributed by atoms with Gasteiger partial charge in [0.05, 0.1) is 7.11 Å². The number of fused-ring (bicyclic) bond motifs is 1. The van der Waals surface area contributed by atoms with E-state index < -0.39 is 0 Å². The number of hydrogen-bond acceptors (Lipinski definition) is 3. The van der Waals surface area contributed by atoms with Crippen molar-refractivity contribution in [2.24, 2.45) is 11.8 Å². The average molecular weight is 386 g/mol. The summed E-state index contributed by atoms with van der Waals surface area (Å²) >= 11 is 0. The summed E-state index contributed by atoms with van der Waals surface area (Å²) in [6.45, 7) is 7.47. The van der Waals surface area contributed by atoms with Crippen LogP contribution in [-0.4, -0.2) is 47.9 Å². The van der Waals surface area contributed by atoms with Gasteiger partial charge in [0.25, 0.3) is 5.91 Å². The molecule has 0 aliphatic carbocycles. The zero-order chi connectivity index (χ0) is 20.3. The Hall–Kier alpha value is -2.50. The first-order valence-electron chi connectivity index (χ1n) is 10.2. The summed E-state index contributed by atoms with van der Waals surface area (Å²) in [6.07, 6.45) is 2.64. The Labute approximate surface area is 166 Å². The molecule has 0 radical (unpaired) electrons. The monoisotopic (exact) mass is 385 g/mol. The number of hydrogen-bond donors (Lipinski definition) is 2. The molecule has 28 heavy (non-hydrogen) atoms. The van der Waals surface area contributed by atoms with Crippen LogP contribution in [0.25, 0.3) is 10.9 Å². The third-order valence-corrected chi connectivity index (χ3v) is 6.01. The lowest BCUT2D eigenvalue weighted by Gasteiger charge is -2.34. The Morgan fingerprint density at radius 2 is 1.96 bits per heavy atom. The van der Waals surface area contributed by atoms with E-state index in [4.69, 9.17) is 4.74 Å². The van der Waals surface area contributed by atoms with Crippen LogP contribution in [0.2, 0.25) is 0 Å². The third-order valence-electron chi connectivity index (χ3n) is 6.01. The maximum absolute atomic E-state index is 12.9. The van der Waals surface area contributed by atoms with Gasteiger partial charge in [-0.05, 0) is 50.3 Å². The predicted molar refractivity (Wildman–Crippen MR) is 111 cm³/mol. The Morgan fingerprint density at radius 3 is 2.61 bits per heavy atom. The fourth-order valence-corrected chi connectivity index (χ4v) is 3.81. The second kappa shape index (κ2) is 8.67. The highest BCUT2D eigenvalue weighted by Gasteiger charge is 2.30. The van der Waals surface area contributed by atoms with Gasteiger partial charge < -0.3 is 19.9 Å². The summed E-state index contributed by atoms with van der Waals surface area (Å²) in [5, 5.41) is 4.07. The van der Waals surface area contributed by atoms with Gasteiger partial charge in [-0.25, -0.2) is 0 Å². The van der Waals surface area contributed by atoms with Gasteiger partial charge >= 0.3 is 0 Å². The van der Waals surface area contributed by atoms with Crippen LogP contribution in [0.1, 0.15) is 50.5 Å². The lowest BCUT2D eigenvalue weighted by molar-refractivity contribution is -0.127. The molecule has 2 atom stereocenters. The molecule has 1 aliphatic heterocycles. The number of methoxy groups -OCH3 is 1. The van der Waals surface area contributed by atoms with Crippen molar-refractivity contribution < 1.29 is 14.3 Å². The van der Waals surface area contributed by atoms with Crippen LogP contribution < -0.4 is 10.1 Å². The molecule has 2 heterocycles. The Balaban J connectivity index is 1.60. The number of benzene rings is 1. The molecule has 6 heteroatoms. The number of likely N-dealkylation sites (tertiary alicyclic amines) is 1. The SMILES string of the molecule is CCC(C)NC(=O)C(C)C1CCN(C(=O)c2cc3ccc(OC)cc3[nH]2)CC1. The van der Waals surface area contributed by atoms with Crippen LogP contribution >= 0.6 is 0 Å². The van der Waals surface area contributed by atoms with Gasteiger partial charge in [0.15, 0.2) is 0 Å². The summed E-state index contributed by atoms with van der Waals surface area (Å²) in [5.41, 5.74) is 1.50. The summed E-state index contributed by atoms with van der Waals surface area (Å²) in [4.78, 5) is 30.4. The molecule has 2 aromatic rings. The van der Waals surface area contributed by atoms with Crippen LogP contribution in [0.3, 0.4) is 0 Å². The first-order chi connectivity index (χ1) is 13.4. The molecular formula is C22H31N3O3. The van der Waals surface area contributed by atoms with Gasteiger partial charge in [-0.3, -0.25) is 9.59 Å². The highest BCUT2D eigenvalue weighted by molar-refractivity contribution is 5.98. The van der Waals surface area contributed by atoms with Crippen LogP contribution in [0.15, 0.2) is 24.3 Å². The van der Waals surface area contributed by atoms with E-state index in [9.17, 15) is 9.59 Å². The van der Waals surface area contributed by atoms with Crippen molar-refractivity contribution in [2.75, 3.05) is 20.2 Å². The summed E-state index contributed by atoms with van der Waals surface area (Å²) in [7, 11) is 1.63. The van der Waals surface area contributed by atoms with Crippen molar-refractivity contribution in [3.8, 4) is 5.75 Å². The smallest absolute Gasteiger partial charge is 0.270 e. The van der Waals surface area contributed by atoms with Crippen molar-refractivity contribution in [1.29, 1.82) is 0 Å². The van der Waals surface area contributed by atoms with Gasteiger partial charge in [-0.15, -0.1) is 0 Å². The van der Waals surface area contributed by atoms with Crippen molar-refractivity contribution in [1.82, 2.24) is 15.2 Å². The Morgan fingerprint density at radius 1 is 1.25 bits per heavy atom. The number of nitrogens with zero attached hydrogens (tertiary/aromatic N) is 1. The van der Waals surface area contributed by atoms with Gasteiger partial charge in [0.2, 0.25) is 5.91 Å². The first kappa shape index (κ1) is 20.2. The number of rotatable bonds is 6. The van der Waals surface area contributed by atoms with Crippen LogP contribution in [-0.2, 0) is 4.79 Å². The predicted octanol–water partition coefficient (Wildman–Crippen LogP) is 3.58. The van der Waals surface area contributed by atoms with E-state index in [1.807, 2.05) is 43.0 Å². The number of carbonyl (C=O) groups excluding carboxylic acids is 2. The number of H-pyrrole nitrogens is 1. The standard InChI is InChI=1S/C22H31N3O3/c1-5-14(2)23-21(26)15(3)16-8-10-25(11-9-16)22(27)20-12-17-6-7-18(28-4)13-19(17)24-20/h6-7,12-16,24H,5,8-11H2,1-4H3,(H,23,26). The molecule has 1 aromatic heterocycles. The van der Waals surface area contributed by atoms with Crippen molar-refractivity contribution in [3.63, 3.8) is 0 Å². The summed E-state index contributed by atoms with van der Waals surface area (Å²) < 4.78 is 5.24. The number of carbonyl (C=O) groups is 2. The summed E-state index contributed by atoms with van der Waals surface area (Å²) in [5.74, 6) is 1.21. The number of amides is 2. The molecule has 0 spiro atoms. The molecule has 2 amide bonds. The number of nitrogens with one attached hydrogen (secondary N) is 2. The molecule has 152 valence electrons. The highest BCUT2D eigenvalue weighted by atomic mass is 16.5. The van der Waals surface area contributed by atoms with E-state index in [1.165, 1.54) is 0 Å². The molecule has 6 nitrogen and oxygen atoms in total. The van der Waals surface area contributed by atoms with Gasteiger partial charge in [-0.2, -0.15) is 0 Å². The first-order valence-corrected chi connectivity index (χ1v) is 10.2. The highest BCUT2D eigenvalue weighted by Crippen LogP contribution is 2.27. The fourth-order valence-electron chi connectivity index (χ4n) is 3.81. The van der Waals surface area contributed by atoms with Gasteiger partial charge in [0, 0.05) is 42.0 Å². The zero-order valence-electron chi connectivity index (χ0n) is 17.2. The van der Waals surface area contributed by atoms with E-state index in [-0.39, 0.29) is 23.8 Å². The minimum absolute atomic E-state index is 0.0188. The topological polar surface area (TPSA) is 74.4 Å². The van der Waals surface area contributed by atoms with E-state index in [1.54, 1.807) is 7.11 Å². The van der Waals surface area contributed by atoms with Crippen LogP contribution in [0.4, 0.5) is 0 Å². The maximum atomic E-state index is 12.9. The molecule has 1 aromatic carbocycles. The molecular weight excluding hydrogens is 354 g/mol. The zero-order valence-corrected chi connectivity index (χ0v) is 17.2. The number of ether oxygens (including phenoxy) is 1. The molecule has 1 fully saturated rings. The van der Waals surface area contributed by atoms with E-state index in [0.29, 0.717) is 24.7 Å². The van der Waals surface area contributed by atoms with Crippen LogP contribution in [0.5, 0.6) is 5.75 Å². The molecule has 1 saturated heterocycles. The van der Waals surface area contributed by atoms with E-state index in [0.717, 1.165) is 35.9 Å². The largest absolute Gasteiger partial charge is 0.497 e. The minimum atomic E-state index is -0.0215. The van der Waals surface area contributed by atoms with Gasteiger partial charge in [-0.1, -0.05) is 13.8 Å². The average Bonchev–Trinajstić information content (AvgIpc) is 3.15. The molecule has 1 aliphatic rings. The normalized spacial score (nSPS) is 17.4. The lowest BCUT2D eigenvalue weighted by atomic mass is 9.84. The van der Waals surface area contributed by atoms with Gasteiger partial charge in [0.1, 0.15) is 11.4 Å². The number of aromatic nitrogens is 1.